The predicted octanol–water partition coefficient (Wildman–Crippen LogP) is 3.01. The van der Waals surface area contributed by atoms with Gasteiger partial charge in [0.05, 0.1) is 10.4 Å². The normalized spacial score (nSPS) is 12.2. The standard InChI is InChI=1S/C10H8BrIO3/c1-5(13)9(11)6-3-2-4-7(12)8(6)10(14)15/h2-4,9H,1H3,(H,14,15). The first-order valence-electron chi connectivity index (χ1n) is 4.11. The molecule has 0 aliphatic carbocycles. The molecule has 0 saturated carbocycles. The SMILES string of the molecule is CC(=O)C(Br)c1cccc(I)c1C(=O)O. The van der Waals surface area contributed by atoms with Crippen molar-refractivity contribution in [1.82, 2.24) is 0 Å². The largest absolute Gasteiger partial charge is 0.478 e. The van der Waals surface area contributed by atoms with E-state index in [2.05, 4.69) is 15.9 Å². The third-order valence-corrected chi connectivity index (χ3v) is 3.93. The Balaban J connectivity index is 3.35. The summed E-state index contributed by atoms with van der Waals surface area (Å²) in [6.45, 7) is 1.42. The molecule has 1 aromatic rings. The average Bonchev–Trinajstić information content (AvgIpc) is 2.15. The van der Waals surface area contributed by atoms with Crippen molar-refractivity contribution in [3.05, 3.63) is 32.9 Å². The van der Waals surface area contributed by atoms with E-state index in [0.29, 0.717) is 9.13 Å². The molecule has 15 heavy (non-hydrogen) atoms. The second-order valence-electron chi connectivity index (χ2n) is 2.98. The van der Waals surface area contributed by atoms with Crippen LogP contribution in [-0.2, 0) is 4.79 Å². The summed E-state index contributed by atoms with van der Waals surface area (Å²) >= 11 is 5.13. The lowest BCUT2D eigenvalue weighted by Crippen LogP contribution is -2.10. The number of carbonyl (C=O) groups is 2. The second-order valence-corrected chi connectivity index (χ2v) is 5.06. The fraction of sp³-hybridized carbons (Fsp3) is 0.200. The summed E-state index contributed by atoms with van der Waals surface area (Å²) in [5.74, 6) is -1.12. The maximum absolute atomic E-state index is 11.2. The Morgan fingerprint density at radius 2 is 2.07 bits per heavy atom. The van der Waals surface area contributed by atoms with E-state index in [4.69, 9.17) is 5.11 Å². The number of benzene rings is 1. The number of rotatable bonds is 3. The first-order chi connectivity index (χ1) is 6.95. The van der Waals surface area contributed by atoms with Crippen molar-refractivity contribution in [3.63, 3.8) is 0 Å². The van der Waals surface area contributed by atoms with Crippen LogP contribution >= 0.6 is 38.5 Å². The molecular formula is C10H8BrIO3. The number of halogens is 2. The van der Waals surface area contributed by atoms with Crippen molar-refractivity contribution in [3.8, 4) is 0 Å². The molecule has 0 aromatic heterocycles. The summed E-state index contributed by atoms with van der Waals surface area (Å²) in [6, 6.07) is 5.08. The van der Waals surface area contributed by atoms with Crippen molar-refractivity contribution in [2.45, 2.75) is 11.8 Å². The van der Waals surface area contributed by atoms with E-state index < -0.39 is 10.8 Å². The monoisotopic (exact) mass is 382 g/mol. The lowest BCUT2D eigenvalue weighted by Gasteiger charge is -2.11. The fourth-order valence-corrected chi connectivity index (χ4v) is 2.33. The molecule has 1 atom stereocenters. The number of carboxylic acid groups (broad SMARTS) is 1. The zero-order valence-electron chi connectivity index (χ0n) is 7.83. The van der Waals surface area contributed by atoms with Gasteiger partial charge in [-0.15, -0.1) is 0 Å². The molecule has 80 valence electrons. The molecule has 0 aliphatic rings. The topological polar surface area (TPSA) is 54.4 Å². The molecule has 0 saturated heterocycles. The lowest BCUT2D eigenvalue weighted by molar-refractivity contribution is -0.116. The molecule has 1 rings (SSSR count). The maximum atomic E-state index is 11.2. The molecule has 0 fully saturated rings. The number of hydrogen-bond acceptors (Lipinski definition) is 2. The summed E-state index contributed by atoms with van der Waals surface area (Å²) in [7, 11) is 0. The predicted molar refractivity (Wildman–Crippen MR) is 68.5 cm³/mol. The maximum Gasteiger partial charge on any atom is 0.337 e. The quantitative estimate of drug-likeness (QED) is 0.645. The minimum absolute atomic E-state index is 0.112. The number of ketones is 1. The highest BCUT2D eigenvalue weighted by molar-refractivity contribution is 14.1. The van der Waals surface area contributed by atoms with Crippen LogP contribution in [-0.4, -0.2) is 16.9 Å². The molecular weight excluding hydrogens is 375 g/mol. The lowest BCUT2D eigenvalue weighted by atomic mass is 10.0. The molecule has 0 bridgehead atoms. The van der Waals surface area contributed by atoms with Gasteiger partial charge in [-0.2, -0.15) is 0 Å². The number of carbonyl (C=O) groups excluding carboxylic acids is 1. The highest BCUT2D eigenvalue weighted by Gasteiger charge is 2.21. The number of alkyl halides is 1. The number of hydrogen-bond donors (Lipinski definition) is 1. The Hall–Kier alpha value is -0.430. The molecule has 0 radical (unpaired) electrons. The third-order valence-electron chi connectivity index (χ3n) is 1.89. The Morgan fingerprint density at radius 1 is 1.47 bits per heavy atom. The number of Topliss-reactive ketones (excluding diaryl/α,β-unsaturated/α-hetero) is 1. The van der Waals surface area contributed by atoms with Gasteiger partial charge in [-0.25, -0.2) is 4.79 Å². The van der Waals surface area contributed by atoms with E-state index in [0.717, 1.165) is 0 Å². The van der Waals surface area contributed by atoms with Crippen LogP contribution in [0.5, 0.6) is 0 Å². The van der Waals surface area contributed by atoms with Gasteiger partial charge < -0.3 is 5.11 Å². The minimum atomic E-state index is -1.01. The molecule has 3 nitrogen and oxygen atoms in total. The highest BCUT2D eigenvalue weighted by atomic mass is 127. The van der Waals surface area contributed by atoms with Crippen LogP contribution in [0.3, 0.4) is 0 Å². The third kappa shape index (κ3) is 2.78. The average molecular weight is 383 g/mol. The van der Waals surface area contributed by atoms with Gasteiger partial charge in [0.2, 0.25) is 0 Å². The Labute approximate surface area is 109 Å². The first-order valence-corrected chi connectivity index (χ1v) is 6.10. The van der Waals surface area contributed by atoms with Crippen molar-refractivity contribution >= 4 is 50.3 Å². The summed E-state index contributed by atoms with van der Waals surface area (Å²) < 4.78 is 0.628. The van der Waals surface area contributed by atoms with Crippen LogP contribution in [0.15, 0.2) is 18.2 Å². The number of carboxylic acids is 1. The van der Waals surface area contributed by atoms with E-state index in [1.165, 1.54) is 6.92 Å². The summed E-state index contributed by atoms with van der Waals surface area (Å²) in [5, 5.41) is 9.04. The van der Waals surface area contributed by atoms with E-state index in [1.54, 1.807) is 18.2 Å². The van der Waals surface area contributed by atoms with Gasteiger partial charge in [0.25, 0.3) is 0 Å². The van der Waals surface area contributed by atoms with Gasteiger partial charge >= 0.3 is 5.97 Å². The minimum Gasteiger partial charge on any atom is -0.478 e. The Bertz CT molecular complexity index is 417. The van der Waals surface area contributed by atoms with Gasteiger partial charge in [-0.3, -0.25) is 4.79 Å². The molecule has 1 unspecified atom stereocenters. The van der Waals surface area contributed by atoms with Crippen molar-refractivity contribution < 1.29 is 14.7 Å². The zero-order valence-corrected chi connectivity index (χ0v) is 11.6. The summed E-state index contributed by atoms with van der Waals surface area (Å²) in [5.41, 5.74) is 0.692. The number of aromatic carboxylic acids is 1. The Morgan fingerprint density at radius 3 is 2.53 bits per heavy atom. The van der Waals surface area contributed by atoms with Crippen LogP contribution in [0, 0.1) is 3.57 Å². The van der Waals surface area contributed by atoms with E-state index in [1.807, 2.05) is 22.6 Å². The Kier molecular flexibility index (Phi) is 4.27. The van der Waals surface area contributed by atoms with Crippen molar-refractivity contribution in [2.75, 3.05) is 0 Å². The van der Waals surface area contributed by atoms with Crippen LogP contribution in [0.25, 0.3) is 0 Å². The molecule has 0 heterocycles. The van der Waals surface area contributed by atoms with Gasteiger partial charge in [0.1, 0.15) is 5.78 Å². The van der Waals surface area contributed by atoms with Gasteiger partial charge in [0, 0.05) is 3.57 Å². The van der Waals surface area contributed by atoms with E-state index in [9.17, 15) is 9.59 Å². The molecule has 1 N–H and O–H groups in total. The molecule has 0 amide bonds. The van der Waals surface area contributed by atoms with E-state index >= 15 is 0 Å². The molecule has 5 heteroatoms. The summed E-state index contributed by atoms with van der Waals surface area (Å²) in [4.78, 5) is 21.7. The van der Waals surface area contributed by atoms with Crippen LogP contribution < -0.4 is 0 Å². The first kappa shape index (κ1) is 12.6. The molecule has 1 aromatic carbocycles. The molecule has 0 aliphatic heterocycles. The van der Waals surface area contributed by atoms with E-state index in [-0.39, 0.29) is 11.3 Å². The van der Waals surface area contributed by atoms with Crippen LogP contribution in [0.4, 0.5) is 0 Å². The van der Waals surface area contributed by atoms with Crippen molar-refractivity contribution in [1.29, 1.82) is 0 Å². The fourth-order valence-electron chi connectivity index (χ4n) is 1.20. The van der Waals surface area contributed by atoms with Gasteiger partial charge in [0.15, 0.2) is 0 Å². The summed E-state index contributed by atoms with van der Waals surface area (Å²) in [6.07, 6.45) is 0. The van der Waals surface area contributed by atoms with Crippen LogP contribution in [0.1, 0.15) is 27.7 Å². The van der Waals surface area contributed by atoms with Gasteiger partial charge in [-0.05, 0) is 41.1 Å². The van der Waals surface area contributed by atoms with Gasteiger partial charge in [-0.1, -0.05) is 28.1 Å². The van der Waals surface area contributed by atoms with Crippen molar-refractivity contribution in [2.24, 2.45) is 0 Å². The smallest absolute Gasteiger partial charge is 0.337 e. The highest BCUT2D eigenvalue weighted by Crippen LogP contribution is 2.29. The zero-order chi connectivity index (χ0) is 11.6. The second kappa shape index (κ2) is 5.07. The molecule has 0 spiro atoms. The van der Waals surface area contributed by atoms with Crippen LogP contribution in [0.2, 0.25) is 0 Å².